The predicted molar refractivity (Wildman–Crippen MR) is 60.3 cm³/mol. The third-order valence-corrected chi connectivity index (χ3v) is 3.93. The maximum Gasteiger partial charge on any atom is 0.0584 e. The summed E-state index contributed by atoms with van der Waals surface area (Å²) in [6.07, 6.45) is 6.73. The highest BCUT2D eigenvalue weighted by Crippen LogP contribution is 2.29. The molecule has 2 nitrogen and oxygen atoms in total. The Morgan fingerprint density at radius 3 is 2.29 bits per heavy atom. The van der Waals surface area contributed by atoms with Gasteiger partial charge < -0.3 is 5.11 Å². The molecule has 2 heteroatoms. The van der Waals surface area contributed by atoms with Gasteiger partial charge in [0.25, 0.3) is 0 Å². The van der Waals surface area contributed by atoms with Crippen LogP contribution < -0.4 is 0 Å². The Labute approximate surface area is 88.3 Å². The second-order valence-electron chi connectivity index (χ2n) is 4.78. The van der Waals surface area contributed by atoms with Crippen LogP contribution in [0.5, 0.6) is 0 Å². The van der Waals surface area contributed by atoms with Gasteiger partial charge in [0.15, 0.2) is 0 Å². The van der Waals surface area contributed by atoms with Crippen LogP contribution in [0.4, 0.5) is 0 Å². The number of aliphatic hydroxyl groups is 1. The van der Waals surface area contributed by atoms with E-state index in [9.17, 15) is 0 Å². The quantitative estimate of drug-likeness (QED) is 0.751. The normalized spacial score (nSPS) is 30.6. The van der Waals surface area contributed by atoms with Crippen molar-refractivity contribution < 1.29 is 5.11 Å². The highest BCUT2D eigenvalue weighted by Gasteiger charge is 2.24. The van der Waals surface area contributed by atoms with Crippen molar-refractivity contribution in [3.8, 4) is 0 Å². The Kier molecular flexibility index (Phi) is 4.90. The summed E-state index contributed by atoms with van der Waals surface area (Å²) in [7, 11) is 2.15. The van der Waals surface area contributed by atoms with E-state index in [1.807, 2.05) is 0 Å². The first-order valence-electron chi connectivity index (χ1n) is 6.01. The summed E-state index contributed by atoms with van der Waals surface area (Å²) >= 11 is 0. The molecule has 1 N–H and O–H groups in total. The van der Waals surface area contributed by atoms with Crippen LogP contribution in [0.2, 0.25) is 0 Å². The van der Waals surface area contributed by atoms with E-state index in [4.69, 9.17) is 5.11 Å². The van der Waals surface area contributed by atoms with Gasteiger partial charge in [-0.2, -0.15) is 0 Å². The van der Waals surface area contributed by atoms with Crippen LogP contribution in [0.1, 0.15) is 46.0 Å². The Morgan fingerprint density at radius 2 is 1.86 bits per heavy atom. The van der Waals surface area contributed by atoms with Crippen LogP contribution >= 0.6 is 0 Å². The van der Waals surface area contributed by atoms with E-state index in [0.29, 0.717) is 12.1 Å². The fourth-order valence-corrected chi connectivity index (χ4v) is 2.45. The van der Waals surface area contributed by atoms with Gasteiger partial charge in [0.2, 0.25) is 0 Å². The van der Waals surface area contributed by atoms with E-state index in [1.165, 1.54) is 32.1 Å². The Hall–Kier alpha value is -0.0800. The number of nitrogens with zero attached hydrogens (tertiary/aromatic N) is 1. The molecule has 1 saturated carbocycles. The van der Waals surface area contributed by atoms with E-state index >= 15 is 0 Å². The molecular formula is C12H25NO. The van der Waals surface area contributed by atoms with Crippen LogP contribution in [0, 0.1) is 5.92 Å². The van der Waals surface area contributed by atoms with Gasteiger partial charge in [0, 0.05) is 12.1 Å². The molecular weight excluding hydrogens is 174 g/mol. The van der Waals surface area contributed by atoms with Gasteiger partial charge in [-0.15, -0.1) is 0 Å². The molecule has 14 heavy (non-hydrogen) atoms. The Bertz CT molecular complexity index is 152. The minimum absolute atomic E-state index is 0.282. The molecule has 1 fully saturated rings. The molecule has 0 aromatic rings. The summed E-state index contributed by atoms with van der Waals surface area (Å²) in [6.45, 7) is 4.68. The number of likely N-dealkylation sites (N-methyl/N-ethyl adjacent to an activating group) is 1. The molecule has 0 amide bonds. The second-order valence-corrected chi connectivity index (χ2v) is 4.78. The highest BCUT2D eigenvalue weighted by atomic mass is 16.3. The van der Waals surface area contributed by atoms with Gasteiger partial charge in [-0.1, -0.05) is 13.3 Å². The van der Waals surface area contributed by atoms with Crippen LogP contribution in [-0.4, -0.2) is 35.7 Å². The average Bonchev–Trinajstić information content (AvgIpc) is 2.27. The first-order chi connectivity index (χ1) is 6.69. The van der Waals surface area contributed by atoms with Crippen molar-refractivity contribution in [3.63, 3.8) is 0 Å². The van der Waals surface area contributed by atoms with Crippen molar-refractivity contribution in [3.05, 3.63) is 0 Å². The minimum atomic E-state index is 0.282. The summed E-state index contributed by atoms with van der Waals surface area (Å²) in [4.78, 5) is 2.35. The minimum Gasteiger partial charge on any atom is -0.395 e. The summed E-state index contributed by atoms with van der Waals surface area (Å²) in [5.41, 5.74) is 0. The lowest BCUT2D eigenvalue weighted by Gasteiger charge is -2.37. The predicted octanol–water partition coefficient (Wildman–Crippen LogP) is 2.27. The van der Waals surface area contributed by atoms with Gasteiger partial charge in [-0.3, -0.25) is 4.90 Å². The van der Waals surface area contributed by atoms with Crippen LogP contribution in [0.15, 0.2) is 0 Å². The first kappa shape index (κ1) is 12.0. The molecule has 0 aromatic carbocycles. The molecule has 0 saturated heterocycles. The zero-order valence-corrected chi connectivity index (χ0v) is 9.87. The molecule has 0 heterocycles. The van der Waals surface area contributed by atoms with E-state index in [-0.39, 0.29) is 6.61 Å². The third-order valence-electron chi connectivity index (χ3n) is 3.93. The number of rotatable bonds is 4. The zero-order chi connectivity index (χ0) is 10.6. The third kappa shape index (κ3) is 2.96. The standard InChI is InChI=1S/C12H25NO/c1-4-11-5-7-12(8-6-11)13(3)10(2)9-14/h10-12,14H,4-9H2,1-3H3. The lowest BCUT2D eigenvalue weighted by Crippen LogP contribution is -2.42. The SMILES string of the molecule is CCC1CCC(N(C)C(C)CO)CC1. The molecule has 0 aliphatic heterocycles. The van der Waals surface area contributed by atoms with Crippen molar-refractivity contribution in [2.75, 3.05) is 13.7 Å². The zero-order valence-electron chi connectivity index (χ0n) is 9.87. The average molecular weight is 199 g/mol. The van der Waals surface area contributed by atoms with Crippen molar-refractivity contribution in [2.24, 2.45) is 5.92 Å². The first-order valence-corrected chi connectivity index (χ1v) is 6.01. The van der Waals surface area contributed by atoms with Crippen LogP contribution in [0.25, 0.3) is 0 Å². The van der Waals surface area contributed by atoms with E-state index in [2.05, 4.69) is 25.8 Å². The van der Waals surface area contributed by atoms with E-state index < -0.39 is 0 Å². The molecule has 1 aliphatic rings. The maximum absolute atomic E-state index is 9.09. The fourth-order valence-electron chi connectivity index (χ4n) is 2.45. The molecule has 1 unspecified atom stereocenters. The lowest BCUT2D eigenvalue weighted by atomic mass is 9.84. The largest absolute Gasteiger partial charge is 0.395 e. The smallest absolute Gasteiger partial charge is 0.0584 e. The molecule has 0 bridgehead atoms. The molecule has 0 radical (unpaired) electrons. The van der Waals surface area contributed by atoms with E-state index in [0.717, 1.165) is 5.92 Å². The lowest BCUT2D eigenvalue weighted by molar-refractivity contribution is 0.0886. The Balaban J connectivity index is 2.33. The molecule has 1 atom stereocenters. The molecule has 0 aromatic heterocycles. The monoisotopic (exact) mass is 199 g/mol. The van der Waals surface area contributed by atoms with Crippen molar-refractivity contribution >= 4 is 0 Å². The Morgan fingerprint density at radius 1 is 1.29 bits per heavy atom. The summed E-state index contributed by atoms with van der Waals surface area (Å²) < 4.78 is 0. The van der Waals surface area contributed by atoms with Crippen molar-refractivity contribution in [2.45, 2.75) is 58.0 Å². The number of hydrogen-bond acceptors (Lipinski definition) is 2. The molecule has 0 spiro atoms. The van der Waals surface area contributed by atoms with E-state index in [1.54, 1.807) is 0 Å². The molecule has 1 rings (SSSR count). The number of hydrogen-bond donors (Lipinski definition) is 1. The summed E-state index contributed by atoms with van der Waals surface area (Å²) in [5.74, 6) is 0.962. The van der Waals surface area contributed by atoms with Crippen LogP contribution in [-0.2, 0) is 0 Å². The summed E-state index contributed by atoms with van der Waals surface area (Å²) in [5, 5.41) is 9.09. The molecule has 1 aliphatic carbocycles. The van der Waals surface area contributed by atoms with Gasteiger partial charge in [-0.05, 0) is 45.6 Å². The van der Waals surface area contributed by atoms with Gasteiger partial charge in [-0.25, -0.2) is 0 Å². The fraction of sp³-hybridized carbons (Fsp3) is 1.00. The number of aliphatic hydroxyl groups excluding tert-OH is 1. The summed E-state index contributed by atoms with van der Waals surface area (Å²) in [6, 6.07) is 1.03. The van der Waals surface area contributed by atoms with Crippen LogP contribution in [0.3, 0.4) is 0 Å². The van der Waals surface area contributed by atoms with Gasteiger partial charge >= 0.3 is 0 Å². The maximum atomic E-state index is 9.09. The molecule has 84 valence electrons. The van der Waals surface area contributed by atoms with Crippen molar-refractivity contribution in [1.82, 2.24) is 4.90 Å². The van der Waals surface area contributed by atoms with Crippen molar-refractivity contribution in [1.29, 1.82) is 0 Å². The van der Waals surface area contributed by atoms with Gasteiger partial charge in [0.1, 0.15) is 0 Å². The second kappa shape index (κ2) is 5.72. The topological polar surface area (TPSA) is 23.5 Å². The van der Waals surface area contributed by atoms with Gasteiger partial charge in [0.05, 0.1) is 6.61 Å². The highest BCUT2D eigenvalue weighted by molar-refractivity contribution is 4.79.